The van der Waals surface area contributed by atoms with Gasteiger partial charge in [0.1, 0.15) is 17.3 Å². The zero-order chi connectivity index (χ0) is 21.8. The zero-order valence-electron chi connectivity index (χ0n) is 16.2. The largest absolute Gasteiger partial charge is 0.497 e. The third-order valence-corrected chi connectivity index (χ3v) is 4.37. The number of carbonyl (C=O) groups is 1. The quantitative estimate of drug-likeness (QED) is 0.641. The molecule has 1 amide bonds. The standard InChI is InChI=1S/C20H17ClFN3O5/c1-28-13-7-12(8-14(9-13)29-2)25-18(30-3)10-17(26)19(24-25)20(27)23-11-4-5-16(22)15(21)6-11/h4-10H,1-3H3,(H,23,27). The van der Waals surface area contributed by atoms with Crippen molar-refractivity contribution in [3.05, 3.63) is 69.2 Å². The second-order valence-electron chi connectivity index (χ2n) is 5.97. The number of benzene rings is 2. The normalized spacial score (nSPS) is 10.4. The van der Waals surface area contributed by atoms with Crippen LogP contribution in [0.5, 0.6) is 17.4 Å². The van der Waals surface area contributed by atoms with Crippen LogP contribution in [0, 0.1) is 5.82 Å². The summed E-state index contributed by atoms with van der Waals surface area (Å²) in [5, 5.41) is 6.45. The van der Waals surface area contributed by atoms with Gasteiger partial charge in [0.25, 0.3) is 5.91 Å². The fourth-order valence-electron chi connectivity index (χ4n) is 2.61. The summed E-state index contributed by atoms with van der Waals surface area (Å²) in [6.07, 6.45) is 0. The van der Waals surface area contributed by atoms with E-state index in [9.17, 15) is 14.0 Å². The van der Waals surface area contributed by atoms with E-state index in [-0.39, 0.29) is 16.6 Å². The second kappa shape index (κ2) is 8.83. The molecular formula is C20H17ClFN3O5. The summed E-state index contributed by atoms with van der Waals surface area (Å²) in [6, 6.07) is 9.68. The molecule has 30 heavy (non-hydrogen) atoms. The van der Waals surface area contributed by atoms with Crippen molar-refractivity contribution in [2.24, 2.45) is 0 Å². The Kier molecular flexibility index (Phi) is 6.22. The lowest BCUT2D eigenvalue weighted by atomic mass is 10.2. The van der Waals surface area contributed by atoms with Crippen LogP contribution in [0.25, 0.3) is 5.69 Å². The number of nitrogens with one attached hydrogen (secondary N) is 1. The summed E-state index contributed by atoms with van der Waals surface area (Å²) in [5.74, 6) is -0.394. The number of anilines is 1. The minimum absolute atomic E-state index is 0.0942. The molecule has 0 aliphatic carbocycles. The van der Waals surface area contributed by atoms with Crippen molar-refractivity contribution in [3.8, 4) is 23.1 Å². The SMILES string of the molecule is COc1cc(OC)cc(-n2nc(C(=O)Nc3ccc(F)c(Cl)c3)c(=O)cc2OC)c1. The van der Waals surface area contributed by atoms with Gasteiger partial charge in [0.15, 0.2) is 5.69 Å². The maximum absolute atomic E-state index is 13.3. The lowest BCUT2D eigenvalue weighted by molar-refractivity contribution is 0.101. The summed E-state index contributed by atoms with van der Waals surface area (Å²) in [5.41, 5.74) is -0.429. The van der Waals surface area contributed by atoms with Crippen molar-refractivity contribution < 1.29 is 23.4 Å². The van der Waals surface area contributed by atoms with E-state index < -0.39 is 22.8 Å². The molecule has 0 atom stereocenters. The van der Waals surface area contributed by atoms with Gasteiger partial charge in [0.2, 0.25) is 11.3 Å². The first-order valence-electron chi connectivity index (χ1n) is 8.54. The number of hydrogen-bond acceptors (Lipinski definition) is 6. The van der Waals surface area contributed by atoms with E-state index in [0.29, 0.717) is 17.2 Å². The summed E-state index contributed by atoms with van der Waals surface area (Å²) in [7, 11) is 4.34. The number of aromatic nitrogens is 2. The molecule has 0 saturated heterocycles. The Balaban J connectivity index is 2.06. The molecule has 3 rings (SSSR count). The maximum atomic E-state index is 13.3. The molecule has 0 spiro atoms. The fourth-order valence-corrected chi connectivity index (χ4v) is 2.79. The summed E-state index contributed by atoms with van der Waals surface area (Å²) < 4.78 is 30.3. The zero-order valence-corrected chi connectivity index (χ0v) is 17.0. The van der Waals surface area contributed by atoms with Crippen LogP contribution >= 0.6 is 11.6 Å². The number of carbonyl (C=O) groups excluding carboxylic acids is 1. The Morgan fingerprint density at radius 3 is 2.27 bits per heavy atom. The third-order valence-electron chi connectivity index (χ3n) is 4.08. The van der Waals surface area contributed by atoms with E-state index in [1.54, 1.807) is 18.2 Å². The molecule has 0 saturated carbocycles. The minimum atomic E-state index is -0.797. The lowest BCUT2D eigenvalue weighted by Gasteiger charge is -2.14. The number of rotatable bonds is 6. The van der Waals surface area contributed by atoms with E-state index in [4.69, 9.17) is 25.8 Å². The molecule has 0 aliphatic heterocycles. The average molecular weight is 434 g/mol. The predicted octanol–water partition coefficient (Wildman–Crippen LogP) is 3.30. The molecule has 0 aliphatic rings. The van der Waals surface area contributed by atoms with E-state index in [0.717, 1.165) is 12.1 Å². The van der Waals surface area contributed by atoms with Gasteiger partial charge < -0.3 is 19.5 Å². The van der Waals surface area contributed by atoms with Crippen molar-refractivity contribution >= 4 is 23.2 Å². The van der Waals surface area contributed by atoms with Gasteiger partial charge in [-0.3, -0.25) is 9.59 Å². The van der Waals surface area contributed by atoms with E-state index >= 15 is 0 Å². The van der Waals surface area contributed by atoms with Gasteiger partial charge in [-0.1, -0.05) is 11.6 Å². The molecule has 1 aromatic heterocycles. The first-order valence-corrected chi connectivity index (χ1v) is 8.92. The highest BCUT2D eigenvalue weighted by Gasteiger charge is 2.18. The first-order chi connectivity index (χ1) is 14.4. The number of ether oxygens (including phenoxy) is 3. The van der Waals surface area contributed by atoms with Crippen LogP contribution in [-0.2, 0) is 0 Å². The third kappa shape index (κ3) is 4.36. The highest BCUT2D eigenvalue weighted by atomic mass is 35.5. The van der Waals surface area contributed by atoms with Crippen LogP contribution in [0.2, 0.25) is 5.02 Å². The lowest BCUT2D eigenvalue weighted by Crippen LogP contribution is -2.26. The Bertz CT molecular complexity index is 1140. The summed E-state index contributed by atoms with van der Waals surface area (Å²) in [6.45, 7) is 0. The molecule has 0 fully saturated rings. The van der Waals surface area contributed by atoms with Crippen molar-refractivity contribution in [1.82, 2.24) is 9.78 Å². The second-order valence-corrected chi connectivity index (χ2v) is 6.37. The maximum Gasteiger partial charge on any atom is 0.280 e. The number of methoxy groups -OCH3 is 3. The first kappa shape index (κ1) is 21.1. The number of hydrogen-bond donors (Lipinski definition) is 1. The molecule has 2 aromatic carbocycles. The van der Waals surface area contributed by atoms with Crippen molar-refractivity contribution in [2.75, 3.05) is 26.6 Å². The van der Waals surface area contributed by atoms with Crippen LogP contribution in [0.3, 0.4) is 0 Å². The molecule has 1 N–H and O–H groups in total. The topological polar surface area (TPSA) is 91.7 Å². The van der Waals surface area contributed by atoms with Crippen LogP contribution in [0.15, 0.2) is 47.3 Å². The van der Waals surface area contributed by atoms with Gasteiger partial charge in [-0.15, -0.1) is 0 Å². The molecule has 156 valence electrons. The molecular weight excluding hydrogens is 417 g/mol. The fraction of sp³-hybridized carbons (Fsp3) is 0.150. The Morgan fingerprint density at radius 2 is 1.70 bits per heavy atom. The van der Waals surface area contributed by atoms with Crippen molar-refractivity contribution in [2.45, 2.75) is 0 Å². The van der Waals surface area contributed by atoms with Crippen molar-refractivity contribution in [3.63, 3.8) is 0 Å². The summed E-state index contributed by atoms with van der Waals surface area (Å²) in [4.78, 5) is 25.1. The van der Waals surface area contributed by atoms with Gasteiger partial charge in [0, 0.05) is 23.9 Å². The highest BCUT2D eigenvalue weighted by Crippen LogP contribution is 2.27. The molecule has 8 nitrogen and oxygen atoms in total. The monoisotopic (exact) mass is 433 g/mol. The smallest absolute Gasteiger partial charge is 0.280 e. The average Bonchev–Trinajstić information content (AvgIpc) is 2.75. The highest BCUT2D eigenvalue weighted by molar-refractivity contribution is 6.31. The molecule has 10 heteroatoms. The van der Waals surface area contributed by atoms with Gasteiger partial charge in [-0.2, -0.15) is 9.78 Å². The van der Waals surface area contributed by atoms with Gasteiger partial charge in [-0.25, -0.2) is 4.39 Å². The van der Waals surface area contributed by atoms with Crippen LogP contribution < -0.4 is 25.0 Å². The Morgan fingerprint density at radius 1 is 1.03 bits per heavy atom. The summed E-state index contributed by atoms with van der Waals surface area (Å²) >= 11 is 5.73. The van der Waals surface area contributed by atoms with E-state index in [2.05, 4.69) is 10.4 Å². The van der Waals surface area contributed by atoms with Crippen LogP contribution in [0.4, 0.5) is 10.1 Å². The molecule has 0 unspecified atom stereocenters. The van der Waals surface area contributed by atoms with Gasteiger partial charge in [0.05, 0.1) is 38.1 Å². The minimum Gasteiger partial charge on any atom is -0.497 e. The number of amides is 1. The van der Waals surface area contributed by atoms with Crippen molar-refractivity contribution in [1.29, 1.82) is 0 Å². The van der Waals surface area contributed by atoms with Crippen LogP contribution in [-0.4, -0.2) is 37.0 Å². The Hall–Kier alpha value is -3.59. The molecule has 0 radical (unpaired) electrons. The number of nitrogens with zero attached hydrogens (tertiary/aromatic N) is 2. The molecule has 3 aromatic rings. The van der Waals surface area contributed by atoms with E-state index in [1.165, 1.54) is 38.1 Å². The molecule has 0 bridgehead atoms. The van der Waals surface area contributed by atoms with Crippen LogP contribution in [0.1, 0.15) is 10.5 Å². The number of halogens is 2. The predicted molar refractivity (Wildman–Crippen MR) is 109 cm³/mol. The molecule has 1 heterocycles. The Labute approximate surface area is 175 Å². The van der Waals surface area contributed by atoms with Gasteiger partial charge in [-0.05, 0) is 18.2 Å². The van der Waals surface area contributed by atoms with Gasteiger partial charge >= 0.3 is 0 Å². The van der Waals surface area contributed by atoms with E-state index in [1.807, 2.05) is 0 Å².